The first-order chi connectivity index (χ1) is 10.4. The van der Waals surface area contributed by atoms with Gasteiger partial charge in [0.1, 0.15) is 0 Å². The first kappa shape index (κ1) is 16.8. The van der Waals surface area contributed by atoms with Crippen LogP contribution in [0, 0.1) is 6.92 Å². The van der Waals surface area contributed by atoms with Crippen molar-refractivity contribution in [2.24, 2.45) is 0 Å². The Hall–Kier alpha value is -1.60. The first-order valence-electron chi connectivity index (χ1n) is 7.38. The number of piperazine rings is 1. The lowest BCUT2D eigenvalue weighted by Crippen LogP contribution is -2.50. The molecule has 122 valence electrons. The van der Waals surface area contributed by atoms with E-state index < -0.39 is 10.0 Å². The molecule has 1 aliphatic heterocycles. The number of benzene rings is 1. The summed E-state index contributed by atoms with van der Waals surface area (Å²) in [4.78, 5) is 13.2. The van der Waals surface area contributed by atoms with Gasteiger partial charge in [0.2, 0.25) is 10.0 Å². The second-order valence-electron chi connectivity index (χ2n) is 5.27. The lowest BCUT2D eigenvalue weighted by molar-refractivity contribution is 0.0934. The number of aryl methyl sites for hydroxylation is 1. The van der Waals surface area contributed by atoms with E-state index in [2.05, 4.69) is 0 Å². The average Bonchev–Trinajstić information content (AvgIpc) is 2.50. The van der Waals surface area contributed by atoms with Gasteiger partial charge in [-0.3, -0.25) is 0 Å². The summed E-state index contributed by atoms with van der Waals surface area (Å²) >= 11 is 0. The fourth-order valence-electron chi connectivity index (χ4n) is 2.42. The smallest absolute Gasteiger partial charge is 0.409 e. The predicted molar refractivity (Wildman–Crippen MR) is 84.0 cm³/mol. The number of sulfonamides is 1. The molecule has 0 N–H and O–H groups in total. The van der Waals surface area contributed by atoms with Gasteiger partial charge in [0.15, 0.2) is 0 Å². The molecule has 0 bridgehead atoms. The van der Waals surface area contributed by atoms with Crippen molar-refractivity contribution in [3.8, 4) is 0 Å². The van der Waals surface area contributed by atoms with Crippen molar-refractivity contribution in [3.63, 3.8) is 0 Å². The third-order valence-corrected chi connectivity index (χ3v) is 5.58. The van der Waals surface area contributed by atoms with E-state index in [4.69, 9.17) is 4.74 Å². The standard InChI is InChI=1S/C15H22N2O4S/c1-3-21-15(18)16-8-10-17(11-9-16)22(19,20)12-14-7-5-4-6-13(14)2/h4-7H,3,8-12H2,1-2H3. The Balaban J connectivity index is 1.98. The summed E-state index contributed by atoms with van der Waals surface area (Å²) in [5.41, 5.74) is 1.78. The molecule has 0 saturated carbocycles. The van der Waals surface area contributed by atoms with E-state index in [9.17, 15) is 13.2 Å². The highest BCUT2D eigenvalue weighted by Gasteiger charge is 2.29. The maximum atomic E-state index is 12.5. The van der Waals surface area contributed by atoms with Crippen molar-refractivity contribution in [3.05, 3.63) is 35.4 Å². The summed E-state index contributed by atoms with van der Waals surface area (Å²) in [6.07, 6.45) is -0.376. The van der Waals surface area contributed by atoms with Crippen LogP contribution in [-0.2, 0) is 20.5 Å². The first-order valence-corrected chi connectivity index (χ1v) is 8.99. The van der Waals surface area contributed by atoms with Gasteiger partial charge in [-0.15, -0.1) is 0 Å². The molecule has 0 atom stereocenters. The van der Waals surface area contributed by atoms with E-state index in [0.29, 0.717) is 32.8 Å². The summed E-state index contributed by atoms with van der Waals surface area (Å²) in [7, 11) is -3.37. The highest BCUT2D eigenvalue weighted by molar-refractivity contribution is 7.88. The van der Waals surface area contributed by atoms with Crippen LogP contribution in [0.3, 0.4) is 0 Å². The molecule has 0 radical (unpaired) electrons. The minimum Gasteiger partial charge on any atom is -0.450 e. The van der Waals surface area contributed by atoms with E-state index in [1.807, 2.05) is 31.2 Å². The van der Waals surface area contributed by atoms with Crippen LogP contribution in [-0.4, -0.2) is 56.5 Å². The number of amides is 1. The Morgan fingerprint density at radius 3 is 2.41 bits per heavy atom. The highest BCUT2D eigenvalue weighted by atomic mass is 32.2. The molecule has 2 rings (SSSR count). The lowest BCUT2D eigenvalue weighted by Gasteiger charge is -2.33. The number of carbonyl (C=O) groups excluding carboxylic acids is 1. The van der Waals surface area contributed by atoms with Gasteiger partial charge in [-0.1, -0.05) is 24.3 Å². The van der Waals surface area contributed by atoms with Crippen LogP contribution in [0.4, 0.5) is 4.79 Å². The fourth-order valence-corrected chi connectivity index (χ4v) is 4.04. The van der Waals surface area contributed by atoms with Gasteiger partial charge in [0.25, 0.3) is 0 Å². The lowest BCUT2D eigenvalue weighted by atomic mass is 10.1. The SMILES string of the molecule is CCOC(=O)N1CCN(S(=O)(=O)Cc2ccccc2C)CC1. The monoisotopic (exact) mass is 326 g/mol. The second kappa shape index (κ2) is 7.11. The van der Waals surface area contributed by atoms with Gasteiger partial charge in [-0.25, -0.2) is 13.2 Å². The molecular weight excluding hydrogens is 304 g/mol. The van der Waals surface area contributed by atoms with E-state index in [-0.39, 0.29) is 11.8 Å². The van der Waals surface area contributed by atoms with Crippen LogP contribution < -0.4 is 0 Å². The molecule has 0 spiro atoms. The minimum atomic E-state index is -3.37. The maximum Gasteiger partial charge on any atom is 0.409 e. The zero-order chi connectivity index (χ0) is 16.2. The summed E-state index contributed by atoms with van der Waals surface area (Å²) in [5, 5.41) is 0. The van der Waals surface area contributed by atoms with Crippen LogP contribution in [0.15, 0.2) is 24.3 Å². The Bertz CT molecular complexity index is 622. The van der Waals surface area contributed by atoms with Crippen LogP contribution >= 0.6 is 0 Å². The molecule has 1 aliphatic rings. The summed E-state index contributed by atoms with van der Waals surface area (Å²) in [6.45, 7) is 5.34. The van der Waals surface area contributed by atoms with E-state index in [1.165, 1.54) is 4.31 Å². The Morgan fingerprint density at radius 2 is 1.82 bits per heavy atom. The zero-order valence-corrected chi connectivity index (χ0v) is 13.8. The van der Waals surface area contributed by atoms with Crippen LogP contribution in [0.2, 0.25) is 0 Å². The van der Waals surface area contributed by atoms with Gasteiger partial charge >= 0.3 is 6.09 Å². The van der Waals surface area contributed by atoms with E-state index >= 15 is 0 Å². The van der Waals surface area contributed by atoms with Crippen LogP contribution in [0.5, 0.6) is 0 Å². The number of hydrogen-bond donors (Lipinski definition) is 0. The molecule has 0 aliphatic carbocycles. The van der Waals surface area contributed by atoms with Gasteiger partial charge in [-0.05, 0) is 25.0 Å². The number of hydrogen-bond acceptors (Lipinski definition) is 4. The third-order valence-electron chi connectivity index (χ3n) is 3.76. The number of rotatable bonds is 4. The quantitative estimate of drug-likeness (QED) is 0.843. The Morgan fingerprint density at radius 1 is 1.18 bits per heavy atom. The van der Waals surface area contributed by atoms with Gasteiger partial charge in [0, 0.05) is 26.2 Å². The van der Waals surface area contributed by atoms with E-state index in [1.54, 1.807) is 11.8 Å². The summed E-state index contributed by atoms with van der Waals surface area (Å²) < 4.78 is 31.4. The molecular formula is C15H22N2O4S. The number of ether oxygens (including phenoxy) is 1. The second-order valence-corrected chi connectivity index (χ2v) is 7.24. The fraction of sp³-hybridized carbons (Fsp3) is 0.533. The summed E-state index contributed by atoms with van der Waals surface area (Å²) in [5.74, 6) is -0.000913. The van der Waals surface area contributed by atoms with Crippen molar-refractivity contribution >= 4 is 16.1 Å². The topological polar surface area (TPSA) is 66.9 Å². The Labute approximate surface area is 131 Å². The van der Waals surface area contributed by atoms with Crippen LogP contribution in [0.1, 0.15) is 18.1 Å². The highest BCUT2D eigenvalue weighted by Crippen LogP contribution is 2.16. The molecule has 0 aromatic heterocycles. The molecule has 1 fully saturated rings. The molecule has 1 saturated heterocycles. The molecule has 1 aromatic rings. The summed E-state index contributed by atoms with van der Waals surface area (Å²) in [6, 6.07) is 7.48. The number of nitrogens with zero attached hydrogens (tertiary/aromatic N) is 2. The van der Waals surface area contributed by atoms with Crippen molar-refractivity contribution in [2.45, 2.75) is 19.6 Å². The number of carbonyl (C=O) groups is 1. The van der Waals surface area contributed by atoms with Gasteiger partial charge < -0.3 is 9.64 Å². The maximum absolute atomic E-state index is 12.5. The van der Waals surface area contributed by atoms with Gasteiger partial charge in [0.05, 0.1) is 12.4 Å². The largest absolute Gasteiger partial charge is 0.450 e. The van der Waals surface area contributed by atoms with Gasteiger partial charge in [-0.2, -0.15) is 4.31 Å². The van der Waals surface area contributed by atoms with E-state index in [0.717, 1.165) is 11.1 Å². The molecule has 6 nitrogen and oxygen atoms in total. The molecule has 0 unspecified atom stereocenters. The third kappa shape index (κ3) is 3.98. The normalized spacial score (nSPS) is 16.5. The average molecular weight is 326 g/mol. The Kier molecular flexibility index (Phi) is 5.42. The molecule has 7 heteroatoms. The van der Waals surface area contributed by atoms with Crippen molar-refractivity contribution in [1.82, 2.24) is 9.21 Å². The molecule has 22 heavy (non-hydrogen) atoms. The minimum absolute atomic E-state index is 0.000913. The van der Waals surface area contributed by atoms with Crippen LogP contribution in [0.25, 0.3) is 0 Å². The van der Waals surface area contributed by atoms with Crippen molar-refractivity contribution < 1.29 is 17.9 Å². The zero-order valence-electron chi connectivity index (χ0n) is 13.0. The molecule has 1 aromatic carbocycles. The predicted octanol–water partition coefficient (Wildman–Crippen LogP) is 1.60. The molecule has 1 heterocycles. The molecule has 1 amide bonds. The van der Waals surface area contributed by atoms with Crippen molar-refractivity contribution in [2.75, 3.05) is 32.8 Å². The van der Waals surface area contributed by atoms with Crippen molar-refractivity contribution in [1.29, 1.82) is 0 Å².